The van der Waals surface area contributed by atoms with Crippen LogP contribution in [0, 0.1) is 22.0 Å². The van der Waals surface area contributed by atoms with Crippen LogP contribution in [-0.2, 0) is 25.5 Å². The number of carbonyl (C=O) groups is 2. The van der Waals surface area contributed by atoms with Gasteiger partial charge >= 0.3 is 6.16 Å². The van der Waals surface area contributed by atoms with Crippen LogP contribution >= 0.6 is 0 Å². The molecule has 0 heterocycles. The molecule has 0 bridgehead atoms. The maximum atomic E-state index is 12.3. The Hall–Kier alpha value is -3.44. The Morgan fingerprint density at radius 3 is 2.61 bits per heavy atom. The first-order valence-electron chi connectivity index (χ1n) is 14.4. The molecule has 228 valence electrons. The molecule has 5 atom stereocenters. The molecule has 1 aliphatic carbocycles. The molecule has 0 saturated heterocycles. The summed E-state index contributed by atoms with van der Waals surface area (Å²) in [5, 5.41) is 33.3. The number of allylic oxidation sites excluding steroid dienone is 2. The maximum Gasteiger partial charge on any atom is 0.508 e. The zero-order valence-corrected chi connectivity index (χ0v) is 23.8. The summed E-state index contributed by atoms with van der Waals surface area (Å²) in [5.41, 5.74) is 1.08. The maximum absolute atomic E-state index is 12.3. The predicted octanol–water partition coefficient (Wildman–Crippen LogP) is 4.30. The molecule has 41 heavy (non-hydrogen) atoms. The molecule has 1 aromatic carbocycles. The highest BCUT2D eigenvalue weighted by molar-refractivity contribution is 5.75. The normalized spacial score (nSPS) is 21.1. The van der Waals surface area contributed by atoms with Crippen molar-refractivity contribution in [3.8, 4) is 0 Å². The molecule has 11 heteroatoms. The Morgan fingerprint density at radius 1 is 1.12 bits per heavy atom. The van der Waals surface area contributed by atoms with Crippen LogP contribution in [0.2, 0.25) is 0 Å². The van der Waals surface area contributed by atoms with E-state index in [1.807, 2.05) is 55.5 Å². The number of hydrogen-bond donors (Lipinski definition) is 3. The van der Waals surface area contributed by atoms with Crippen molar-refractivity contribution in [3.63, 3.8) is 0 Å². The average Bonchev–Trinajstić information content (AvgIpc) is 3.21. The minimum absolute atomic E-state index is 0.0376. The molecule has 0 unspecified atom stereocenters. The molecule has 1 fully saturated rings. The van der Waals surface area contributed by atoms with E-state index in [2.05, 4.69) is 10.2 Å². The summed E-state index contributed by atoms with van der Waals surface area (Å²) < 4.78 is 10.7. The van der Waals surface area contributed by atoms with E-state index in [0.717, 1.165) is 18.4 Å². The van der Waals surface area contributed by atoms with Gasteiger partial charge in [0.05, 0.1) is 25.4 Å². The van der Waals surface area contributed by atoms with Crippen molar-refractivity contribution >= 4 is 12.1 Å². The third kappa shape index (κ3) is 14.1. The number of benzene rings is 1. The number of nitrogens with one attached hydrogen (secondary N) is 1. The molecular weight excluding hydrogens is 532 g/mol. The van der Waals surface area contributed by atoms with E-state index in [-0.39, 0.29) is 37.4 Å². The van der Waals surface area contributed by atoms with E-state index < -0.39 is 29.6 Å². The summed E-state index contributed by atoms with van der Waals surface area (Å²) in [5.74, 6) is -0.468. The molecule has 1 aromatic rings. The van der Waals surface area contributed by atoms with Crippen molar-refractivity contribution in [1.82, 2.24) is 5.32 Å². The van der Waals surface area contributed by atoms with Crippen LogP contribution in [0.5, 0.6) is 0 Å². The van der Waals surface area contributed by atoms with Crippen LogP contribution in [0.3, 0.4) is 0 Å². The number of hydrogen-bond acceptors (Lipinski definition) is 9. The molecule has 0 aliphatic heterocycles. The summed E-state index contributed by atoms with van der Waals surface area (Å²) in [6.45, 7) is 2.47. The van der Waals surface area contributed by atoms with Gasteiger partial charge in [0.1, 0.15) is 6.10 Å². The molecule has 2 rings (SSSR count). The molecule has 0 aromatic heterocycles. The standard InChI is InChI=1S/C30H44N2O9/c1-2-31-29(35)15-9-4-3-8-14-25-26(28(34)22-27(25)33)19-18-24(17-16-23-12-6-5-7-13-23)41-30(36)39-20-10-11-21-40-32(37)38/h3,5-8,12-13,18-19,24-28,33-34H,2,4,9-11,14-17,20-22H2,1H3,(H,31,35)/t24-,25+,26+,27-,28+/m0/s1. The number of aliphatic hydroxyl groups excluding tert-OH is 2. The molecular formula is C30H44N2O9. The van der Waals surface area contributed by atoms with Gasteiger partial charge in [0.25, 0.3) is 5.09 Å². The number of amides is 1. The molecule has 1 amide bonds. The molecule has 1 saturated carbocycles. The van der Waals surface area contributed by atoms with Crippen LogP contribution in [0.25, 0.3) is 0 Å². The fourth-order valence-electron chi connectivity index (χ4n) is 4.80. The Bertz CT molecular complexity index is 970. The minimum atomic E-state index is -0.864. The van der Waals surface area contributed by atoms with E-state index in [1.165, 1.54) is 0 Å². The van der Waals surface area contributed by atoms with E-state index >= 15 is 0 Å². The largest absolute Gasteiger partial charge is 0.508 e. The zero-order valence-electron chi connectivity index (χ0n) is 23.8. The Morgan fingerprint density at radius 2 is 1.88 bits per heavy atom. The van der Waals surface area contributed by atoms with Crippen molar-refractivity contribution in [3.05, 3.63) is 70.3 Å². The quantitative estimate of drug-likeness (QED) is 0.0718. The van der Waals surface area contributed by atoms with Gasteiger partial charge in [-0.1, -0.05) is 48.6 Å². The lowest BCUT2D eigenvalue weighted by molar-refractivity contribution is -0.757. The lowest BCUT2D eigenvalue weighted by Gasteiger charge is -2.20. The minimum Gasteiger partial charge on any atom is -0.434 e. The third-order valence-corrected chi connectivity index (χ3v) is 6.95. The van der Waals surface area contributed by atoms with Gasteiger partial charge in [0, 0.05) is 25.3 Å². The van der Waals surface area contributed by atoms with Crippen molar-refractivity contribution in [2.24, 2.45) is 11.8 Å². The van der Waals surface area contributed by atoms with Gasteiger partial charge in [-0.25, -0.2) is 4.79 Å². The van der Waals surface area contributed by atoms with Crippen molar-refractivity contribution in [1.29, 1.82) is 0 Å². The van der Waals surface area contributed by atoms with Crippen molar-refractivity contribution in [2.75, 3.05) is 19.8 Å². The highest BCUT2D eigenvalue weighted by Crippen LogP contribution is 2.36. The Labute approximate surface area is 241 Å². The number of rotatable bonds is 19. The second-order valence-electron chi connectivity index (χ2n) is 10.1. The number of ether oxygens (including phenoxy) is 2. The highest BCUT2D eigenvalue weighted by Gasteiger charge is 2.39. The highest BCUT2D eigenvalue weighted by atomic mass is 16.9. The first kappa shape index (κ1) is 33.8. The zero-order chi connectivity index (χ0) is 29.9. The van der Waals surface area contributed by atoms with Crippen LogP contribution in [0.1, 0.15) is 63.9 Å². The second-order valence-corrected chi connectivity index (χ2v) is 10.1. The molecule has 11 nitrogen and oxygen atoms in total. The van der Waals surface area contributed by atoms with Gasteiger partial charge in [-0.05, 0) is 69.4 Å². The van der Waals surface area contributed by atoms with E-state index in [4.69, 9.17) is 9.47 Å². The van der Waals surface area contributed by atoms with Gasteiger partial charge in [-0.3, -0.25) is 4.79 Å². The number of carbonyl (C=O) groups excluding carboxylic acids is 2. The van der Waals surface area contributed by atoms with Gasteiger partial charge in [-0.15, -0.1) is 10.1 Å². The van der Waals surface area contributed by atoms with Crippen molar-refractivity contribution < 1.29 is 39.2 Å². The predicted molar refractivity (Wildman–Crippen MR) is 152 cm³/mol. The first-order chi connectivity index (χ1) is 19.8. The van der Waals surface area contributed by atoms with E-state index in [0.29, 0.717) is 45.1 Å². The van der Waals surface area contributed by atoms with Gasteiger partial charge in [0.15, 0.2) is 0 Å². The second kappa shape index (κ2) is 19.6. The number of aryl methyl sites for hydroxylation is 1. The van der Waals surface area contributed by atoms with Gasteiger partial charge in [0.2, 0.25) is 5.91 Å². The molecule has 0 spiro atoms. The number of unbranched alkanes of at least 4 members (excludes halogenated alkanes) is 2. The summed E-state index contributed by atoms with van der Waals surface area (Å²) >= 11 is 0. The molecule has 0 radical (unpaired) electrons. The topological polar surface area (TPSA) is 157 Å². The van der Waals surface area contributed by atoms with Crippen LogP contribution in [0.15, 0.2) is 54.6 Å². The third-order valence-electron chi connectivity index (χ3n) is 6.95. The Balaban J connectivity index is 1.93. The molecule has 1 aliphatic rings. The first-order valence-corrected chi connectivity index (χ1v) is 14.4. The monoisotopic (exact) mass is 576 g/mol. The summed E-state index contributed by atoms with van der Waals surface area (Å²) in [4.78, 5) is 38.3. The SMILES string of the molecule is CCNC(=O)CCCC=CC[C@@H]1[C@@H](C=C[C@H](CCc2ccccc2)OC(=O)OCCCCO[N+](=O)[O-])[C@H](O)C[C@@H]1O. The summed E-state index contributed by atoms with van der Waals surface area (Å²) in [6, 6.07) is 9.78. The van der Waals surface area contributed by atoms with E-state index in [9.17, 15) is 29.9 Å². The molecule has 3 N–H and O–H groups in total. The fraction of sp³-hybridized carbons (Fsp3) is 0.600. The van der Waals surface area contributed by atoms with Crippen LogP contribution < -0.4 is 5.32 Å². The summed E-state index contributed by atoms with van der Waals surface area (Å²) in [7, 11) is 0. The van der Waals surface area contributed by atoms with Gasteiger partial charge < -0.3 is 29.8 Å². The average molecular weight is 577 g/mol. The number of nitrogens with zero attached hydrogens (tertiary/aromatic N) is 1. The van der Waals surface area contributed by atoms with E-state index in [1.54, 1.807) is 6.08 Å². The Kier molecular flexibility index (Phi) is 16.1. The fourth-order valence-corrected chi connectivity index (χ4v) is 4.80. The number of aliphatic hydroxyl groups is 2. The van der Waals surface area contributed by atoms with Gasteiger partial charge in [-0.2, -0.15) is 0 Å². The lowest BCUT2D eigenvalue weighted by atomic mass is 9.89. The van der Waals surface area contributed by atoms with Crippen LogP contribution in [-0.4, -0.2) is 65.4 Å². The summed E-state index contributed by atoms with van der Waals surface area (Å²) in [6.07, 6.45) is 9.43. The smallest absolute Gasteiger partial charge is 0.434 e. The van der Waals surface area contributed by atoms with Crippen molar-refractivity contribution in [2.45, 2.75) is 83.0 Å². The van der Waals surface area contributed by atoms with Crippen LogP contribution in [0.4, 0.5) is 4.79 Å². The lowest BCUT2D eigenvalue weighted by Crippen LogP contribution is -2.22.